The van der Waals surface area contributed by atoms with Crippen molar-refractivity contribution in [2.45, 2.75) is 37.8 Å². The predicted octanol–water partition coefficient (Wildman–Crippen LogP) is 3.61. The first-order valence-corrected chi connectivity index (χ1v) is 8.04. The summed E-state index contributed by atoms with van der Waals surface area (Å²) in [7, 11) is 0. The molecule has 0 saturated heterocycles. The second kappa shape index (κ2) is 6.01. The van der Waals surface area contributed by atoms with Crippen LogP contribution in [0, 0.1) is 0 Å². The molecule has 0 amide bonds. The van der Waals surface area contributed by atoms with Crippen molar-refractivity contribution in [3.63, 3.8) is 0 Å². The fourth-order valence-corrected chi connectivity index (χ4v) is 3.15. The van der Waals surface area contributed by atoms with E-state index in [0.29, 0.717) is 0 Å². The Bertz CT molecular complexity index is 797. The van der Waals surface area contributed by atoms with E-state index in [1.54, 1.807) is 0 Å². The molecule has 4 rings (SSSR count). The number of hydrogen-bond acceptors (Lipinski definition) is 5. The third kappa shape index (κ3) is 2.92. The van der Waals surface area contributed by atoms with Crippen LogP contribution >= 0.6 is 0 Å². The second-order valence-electron chi connectivity index (χ2n) is 6.07. The van der Waals surface area contributed by atoms with Crippen molar-refractivity contribution in [1.82, 2.24) is 9.97 Å². The van der Waals surface area contributed by atoms with Gasteiger partial charge in [-0.2, -0.15) is 0 Å². The Kier molecular flexibility index (Phi) is 3.71. The molecule has 0 unspecified atom stereocenters. The highest BCUT2D eigenvalue weighted by atomic mass is 16.3. The van der Waals surface area contributed by atoms with Gasteiger partial charge in [-0.15, -0.1) is 0 Å². The molecule has 23 heavy (non-hydrogen) atoms. The first-order chi connectivity index (χ1) is 11.3. The van der Waals surface area contributed by atoms with Gasteiger partial charge in [0.1, 0.15) is 11.3 Å². The minimum absolute atomic E-state index is 0.104. The van der Waals surface area contributed by atoms with Crippen molar-refractivity contribution >= 4 is 16.9 Å². The summed E-state index contributed by atoms with van der Waals surface area (Å²) in [4.78, 5) is 8.61. The number of aromatic nitrogens is 2. The topological polar surface area (TPSA) is 71.2 Å². The van der Waals surface area contributed by atoms with E-state index in [9.17, 15) is 5.11 Å². The van der Waals surface area contributed by atoms with Crippen LogP contribution in [0.1, 0.15) is 25.7 Å². The van der Waals surface area contributed by atoms with E-state index in [1.165, 1.54) is 6.39 Å². The molecule has 2 atom stereocenters. The number of nitrogens with one attached hydrogen (secondary N) is 1. The molecule has 0 radical (unpaired) electrons. The molecule has 5 nitrogen and oxygen atoms in total. The quantitative estimate of drug-likeness (QED) is 0.773. The van der Waals surface area contributed by atoms with Crippen LogP contribution in [0.4, 0.5) is 5.82 Å². The Labute approximate surface area is 134 Å². The average Bonchev–Trinajstić information content (AvgIpc) is 3.05. The molecule has 0 bridgehead atoms. The summed E-state index contributed by atoms with van der Waals surface area (Å²) in [6.07, 6.45) is 7.14. The number of aliphatic hydroxyl groups is 1. The number of rotatable bonds is 3. The van der Waals surface area contributed by atoms with Gasteiger partial charge in [0.05, 0.1) is 12.1 Å². The lowest BCUT2D eigenvalue weighted by atomic mass is 9.92. The van der Waals surface area contributed by atoms with Crippen molar-refractivity contribution in [3.8, 4) is 11.1 Å². The van der Waals surface area contributed by atoms with Crippen LogP contribution in [0.3, 0.4) is 0 Å². The molecule has 2 heterocycles. The number of anilines is 1. The Balaban J connectivity index is 1.53. The summed E-state index contributed by atoms with van der Waals surface area (Å²) < 4.78 is 5.34. The number of hydrogen-bond donors (Lipinski definition) is 2. The predicted molar refractivity (Wildman–Crippen MR) is 89.1 cm³/mol. The maximum atomic E-state index is 10.0. The molecule has 2 aromatic heterocycles. The van der Waals surface area contributed by atoms with Crippen molar-refractivity contribution in [3.05, 3.63) is 42.9 Å². The molecule has 1 aromatic carbocycles. The zero-order valence-corrected chi connectivity index (χ0v) is 12.8. The third-order valence-corrected chi connectivity index (χ3v) is 4.49. The van der Waals surface area contributed by atoms with Crippen LogP contribution in [0.5, 0.6) is 0 Å². The molecule has 3 aromatic rings. The van der Waals surface area contributed by atoms with Gasteiger partial charge < -0.3 is 14.8 Å². The summed E-state index contributed by atoms with van der Waals surface area (Å²) >= 11 is 0. The summed E-state index contributed by atoms with van der Waals surface area (Å²) in [6, 6.07) is 10.0. The maximum Gasteiger partial charge on any atom is 0.181 e. The average molecular weight is 309 g/mol. The number of aliphatic hydroxyl groups excluding tert-OH is 1. The number of pyridine rings is 1. The molecule has 118 valence electrons. The molecule has 1 saturated carbocycles. The van der Waals surface area contributed by atoms with Crippen LogP contribution in [-0.2, 0) is 0 Å². The Hall–Kier alpha value is -2.40. The lowest BCUT2D eigenvalue weighted by Crippen LogP contribution is -2.36. The van der Waals surface area contributed by atoms with E-state index in [-0.39, 0.29) is 12.1 Å². The lowest BCUT2D eigenvalue weighted by molar-refractivity contribution is 0.116. The fourth-order valence-electron chi connectivity index (χ4n) is 3.15. The molecule has 2 N–H and O–H groups in total. The van der Waals surface area contributed by atoms with Gasteiger partial charge in [-0.25, -0.2) is 9.97 Å². The van der Waals surface area contributed by atoms with Crippen LogP contribution in [0.2, 0.25) is 0 Å². The molecule has 0 aliphatic heterocycles. The first kappa shape index (κ1) is 14.2. The summed E-state index contributed by atoms with van der Waals surface area (Å²) in [6.45, 7) is 0. The number of benzene rings is 1. The molecule has 1 aliphatic carbocycles. The molecule has 0 spiro atoms. The lowest BCUT2D eigenvalue weighted by Gasteiger charge is -2.28. The zero-order valence-electron chi connectivity index (χ0n) is 12.8. The number of nitrogens with zero attached hydrogens (tertiary/aromatic N) is 2. The summed E-state index contributed by atoms with van der Waals surface area (Å²) in [5.41, 5.74) is 3.70. The largest absolute Gasteiger partial charge is 0.443 e. The first-order valence-electron chi connectivity index (χ1n) is 8.04. The number of fused-ring (bicyclic) bond motifs is 1. The highest BCUT2D eigenvalue weighted by molar-refractivity contribution is 5.79. The van der Waals surface area contributed by atoms with E-state index in [4.69, 9.17) is 4.42 Å². The minimum Gasteiger partial charge on any atom is -0.443 e. The van der Waals surface area contributed by atoms with Crippen molar-refractivity contribution < 1.29 is 9.52 Å². The smallest absolute Gasteiger partial charge is 0.181 e. The van der Waals surface area contributed by atoms with E-state index in [1.807, 2.05) is 36.5 Å². The monoisotopic (exact) mass is 309 g/mol. The molecular formula is C18H19N3O2. The second-order valence-corrected chi connectivity index (χ2v) is 6.07. The van der Waals surface area contributed by atoms with Gasteiger partial charge in [0.2, 0.25) is 0 Å². The summed E-state index contributed by atoms with van der Waals surface area (Å²) in [5, 5.41) is 13.4. The molecule has 5 heteroatoms. The van der Waals surface area contributed by atoms with E-state index < -0.39 is 0 Å². The van der Waals surface area contributed by atoms with Gasteiger partial charge in [-0.1, -0.05) is 18.9 Å². The number of oxazole rings is 1. The van der Waals surface area contributed by atoms with E-state index >= 15 is 0 Å². The van der Waals surface area contributed by atoms with Crippen LogP contribution in [0.25, 0.3) is 22.2 Å². The normalized spacial score (nSPS) is 21.4. The standard InChI is InChI=1S/C18H19N3O2/c22-16-4-2-1-3-14(16)21-18-8-6-13(10-19-18)12-5-7-15-17(9-12)23-11-20-15/h5-11,14,16,22H,1-4H2,(H,19,21)/t14-,16-/m0/s1. The van der Waals surface area contributed by atoms with Crippen molar-refractivity contribution in [1.29, 1.82) is 0 Å². The van der Waals surface area contributed by atoms with Crippen LogP contribution in [-0.4, -0.2) is 27.2 Å². The van der Waals surface area contributed by atoms with E-state index in [0.717, 1.165) is 53.7 Å². The van der Waals surface area contributed by atoms with Gasteiger partial charge in [0, 0.05) is 11.8 Å². The van der Waals surface area contributed by atoms with Crippen molar-refractivity contribution in [2.75, 3.05) is 5.32 Å². The van der Waals surface area contributed by atoms with Crippen molar-refractivity contribution in [2.24, 2.45) is 0 Å². The third-order valence-electron chi connectivity index (χ3n) is 4.49. The highest BCUT2D eigenvalue weighted by Crippen LogP contribution is 2.25. The van der Waals surface area contributed by atoms with Gasteiger partial charge in [-0.05, 0) is 42.7 Å². The molecular weight excluding hydrogens is 290 g/mol. The van der Waals surface area contributed by atoms with Gasteiger partial charge in [0.25, 0.3) is 0 Å². The highest BCUT2D eigenvalue weighted by Gasteiger charge is 2.22. The van der Waals surface area contributed by atoms with Gasteiger partial charge in [0.15, 0.2) is 12.0 Å². The Morgan fingerprint density at radius 1 is 1.04 bits per heavy atom. The fraction of sp³-hybridized carbons (Fsp3) is 0.333. The van der Waals surface area contributed by atoms with Gasteiger partial charge >= 0.3 is 0 Å². The Morgan fingerprint density at radius 3 is 2.74 bits per heavy atom. The van der Waals surface area contributed by atoms with Gasteiger partial charge in [-0.3, -0.25) is 0 Å². The Morgan fingerprint density at radius 2 is 1.91 bits per heavy atom. The maximum absolute atomic E-state index is 10.0. The summed E-state index contributed by atoms with van der Waals surface area (Å²) in [5.74, 6) is 0.806. The molecule has 1 aliphatic rings. The zero-order chi connectivity index (χ0) is 15.6. The minimum atomic E-state index is -0.279. The SMILES string of the molecule is O[C@H]1CCCC[C@@H]1Nc1ccc(-c2ccc3ncoc3c2)cn1. The van der Waals surface area contributed by atoms with E-state index in [2.05, 4.69) is 15.3 Å². The van der Waals surface area contributed by atoms with Crippen LogP contribution in [0.15, 0.2) is 47.3 Å². The molecule has 1 fully saturated rings. The van der Waals surface area contributed by atoms with Crippen LogP contribution < -0.4 is 5.32 Å².